The van der Waals surface area contributed by atoms with Gasteiger partial charge in [-0.2, -0.15) is 0 Å². The van der Waals surface area contributed by atoms with Crippen molar-refractivity contribution in [1.29, 1.82) is 0 Å². The molecule has 2 rings (SSSR count). The molecule has 0 unspecified atom stereocenters. The highest BCUT2D eigenvalue weighted by molar-refractivity contribution is 9.09. The van der Waals surface area contributed by atoms with Crippen LogP contribution < -0.4 is 0 Å². The maximum atomic E-state index is 12.5. The van der Waals surface area contributed by atoms with E-state index in [4.69, 9.17) is 0 Å². The molecule has 1 aromatic rings. The molecule has 2 heterocycles. The summed E-state index contributed by atoms with van der Waals surface area (Å²) in [7, 11) is 0. The van der Waals surface area contributed by atoms with Crippen molar-refractivity contribution in [3.05, 3.63) is 15.6 Å². The lowest BCUT2D eigenvalue weighted by atomic mass is 10.3. The second kappa shape index (κ2) is 6.81. The van der Waals surface area contributed by atoms with Crippen LogP contribution in [0.25, 0.3) is 0 Å². The third kappa shape index (κ3) is 3.77. The smallest absolute Gasteiger partial charge is 0.265 e. The van der Waals surface area contributed by atoms with Crippen molar-refractivity contribution in [3.63, 3.8) is 0 Å². The fourth-order valence-electron chi connectivity index (χ4n) is 2.39. The Hall–Kier alpha value is -0.460. The number of nitrogens with zero attached hydrogens (tertiary/aromatic N) is 3. The zero-order valence-corrected chi connectivity index (χ0v) is 13.9. The number of carbonyl (C=O) groups is 1. The third-order valence-electron chi connectivity index (χ3n) is 3.37. The van der Waals surface area contributed by atoms with Crippen molar-refractivity contribution < 1.29 is 4.79 Å². The van der Waals surface area contributed by atoms with Crippen LogP contribution >= 0.6 is 27.3 Å². The average Bonchev–Trinajstić information content (AvgIpc) is 2.59. The number of aryl methyl sites for hydroxylation is 2. The van der Waals surface area contributed by atoms with Crippen LogP contribution in [0.3, 0.4) is 0 Å². The second-order valence-corrected chi connectivity index (χ2v) is 6.82. The van der Waals surface area contributed by atoms with Gasteiger partial charge in [-0.25, -0.2) is 4.98 Å². The van der Waals surface area contributed by atoms with Crippen molar-refractivity contribution in [2.45, 2.75) is 20.3 Å². The van der Waals surface area contributed by atoms with E-state index in [-0.39, 0.29) is 5.91 Å². The molecule has 1 fully saturated rings. The van der Waals surface area contributed by atoms with Gasteiger partial charge in [0.15, 0.2) is 0 Å². The highest BCUT2D eigenvalue weighted by Crippen LogP contribution is 2.20. The summed E-state index contributed by atoms with van der Waals surface area (Å²) in [5, 5.41) is 1.96. The van der Waals surface area contributed by atoms with Gasteiger partial charge in [0.2, 0.25) is 0 Å². The lowest BCUT2D eigenvalue weighted by Gasteiger charge is -2.21. The van der Waals surface area contributed by atoms with Crippen LogP contribution in [0.1, 0.15) is 26.8 Å². The van der Waals surface area contributed by atoms with E-state index < -0.39 is 0 Å². The monoisotopic (exact) mass is 345 g/mol. The molecule has 6 heteroatoms. The van der Waals surface area contributed by atoms with Gasteiger partial charge in [-0.1, -0.05) is 15.9 Å². The van der Waals surface area contributed by atoms with E-state index in [2.05, 4.69) is 25.8 Å². The third-order valence-corrected chi connectivity index (χ3v) is 4.79. The first-order valence-electron chi connectivity index (χ1n) is 6.63. The van der Waals surface area contributed by atoms with Gasteiger partial charge in [0, 0.05) is 31.5 Å². The van der Waals surface area contributed by atoms with E-state index in [1.165, 1.54) is 11.3 Å². The standard InChI is InChI=1S/C13H20BrN3OS/c1-10-12(19-11(2)15-10)13(18)17-6-3-5-16(7-4-14)8-9-17/h3-9H2,1-2H3. The lowest BCUT2D eigenvalue weighted by Crippen LogP contribution is -2.35. The largest absolute Gasteiger partial charge is 0.337 e. The summed E-state index contributed by atoms with van der Waals surface area (Å²) in [6.45, 7) is 8.65. The first-order valence-corrected chi connectivity index (χ1v) is 8.57. The lowest BCUT2D eigenvalue weighted by molar-refractivity contribution is 0.0765. The van der Waals surface area contributed by atoms with Crippen molar-refractivity contribution in [2.24, 2.45) is 0 Å². The Labute approximate surface area is 126 Å². The molecule has 106 valence electrons. The van der Waals surface area contributed by atoms with Gasteiger partial charge in [-0.15, -0.1) is 11.3 Å². The van der Waals surface area contributed by atoms with Gasteiger partial charge in [-0.3, -0.25) is 4.79 Å². The predicted molar refractivity (Wildman–Crippen MR) is 82.3 cm³/mol. The highest BCUT2D eigenvalue weighted by Gasteiger charge is 2.23. The molecule has 0 aromatic carbocycles. The molecule has 0 bridgehead atoms. The summed E-state index contributed by atoms with van der Waals surface area (Å²) in [4.78, 5) is 22.1. The molecular formula is C13H20BrN3OS. The summed E-state index contributed by atoms with van der Waals surface area (Å²) in [5.74, 6) is 0.156. The number of amides is 1. The van der Waals surface area contributed by atoms with Crippen LogP contribution in [-0.4, -0.2) is 58.7 Å². The maximum absolute atomic E-state index is 12.5. The molecule has 0 N–H and O–H groups in total. The summed E-state index contributed by atoms with van der Waals surface area (Å²) < 4.78 is 0. The highest BCUT2D eigenvalue weighted by atomic mass is 79.9. The topological polar surface area (TPSA) is 36.4 Å². The minimum atomic E-state index is 0.156. The van der Waals surface area contributed by atoms with Gasteiger partial charge in [-0.05, 0) is 26.8 Å². The van der Waals surface area contributed by atoms with E-state index in [0.717, 1.165) is 60.1 Å². The van der Waals surface area contributed by atoms with E-state index >= 15 is 0 Å². The molecule has 1 aromatic heterocycles. The van der Waals surface area contributed by atoms with Crippen molar-refractivity contribution in [1.82, 2.24) is 14.8 Å². The minimum absolute atomic E-state index is 0.156. The molecule has 1 saturated heterocycles. The summed E-state index contributed by atoms with van der Waals surface area (Å²) >= 11 is 4.99. The quantitative estimate of drug-likeness (QED) is 0.788. The van der Waals surface area contributed by atoms with E-state index in [1.807, 2.05) is 18.7 Å². The zero-order valence-electron chi connectivity index (χ0n) is 11.5. The molecule has 4 nitrogen and oxygen atoms in total. The van der Waals surface area contributed by atoms with Crippen LogP contribution in [0.15, 0.2) is 0 Å². The van der Waals surface area contributed by atoms with Gasteiger partial charge in [0.05, 0.1) is 10.7 Å². The Morgan fingerprint density at radius 1 is 1.32 bits per heavy atom. The fourth-order valence-corrected chi connectivity index (χ4v) is 3.78. The molecule has 0 aliphatic carbocycles. The first kappa shape index (κ1) is 14.9. The molecular weight excluding hydrogens is 326 g/mol. The van der Waals surface area contributed by atoms with E-state index in [9.17, 15) is 4.79 Å². The molecule has 1 amide bonds. The van der Waals surface area contributed by atoms with E-state index in [1.54, 1.807) is 0 Å². The number of hydrogen-bond acceptors (Lipinski definition) is 4. The molecule has 0 spiro atoms. The van der Waals surface area contributed by atoms with Crippen molar-refractivity contribution in [3.8, 4) is 0 Å². The zero-order chi connectivity index (χ0) is 13.8. The second-order valence-electron chi connectivity index (χ2n) is 4.82. The number of halogens is 1. The van der Waals surface area contributed by atoms with Crippen LogP contribution in [0, 0.1) is 13.8 Å². The number of thiazole rings is 1. The molecule has 0 saturated carbocycles. The first-order chi connectivity index (χ1) is 9.11. The molecule has 1 aliphatic rings. The van der Waals surface area contributed by atoms with Crippen LogP contribution in [0.5, 0.6) is 0 Å². The van der Waals surface area contributed by atoms with Crippen molar-refractivity contribution in [2.75, 3.05) is 38.1 Å². The Balaban J connectivity index is 2.02. The minimum Gasteiger partial charge on any atom is -0.337 e. The van der Waals surface area contributed by atoms with Gasteiger partial charge >= 0.3 is 0 Å². The Morgan fingerprint density at radius 3 is 2.74 bits per heavy atom. The van der Waals surface area contributed by atoms with Crippen LogP contribution in [-0.2, 0) is 0 Å². The molecule has 0 atom stereocenters. The molecule has 0 radical (unpaired) electrons. The predicted octanol–water partition coefficient (Wildman–Crippen LogP) is 2.30. The number of carbonyl (C=O) groups excluding carboxylic acids is 1. The number of alkyl halides is 1. The van der Waals surface area contributed by atoms with Crippen LogP contribution in [0.2, 0.25) is 0 Å². The van der Waals surface area contributed by atoms with Crippen LogP contribution in [0.4, 0.5) is 0 Å². The maximum Gasteiger partial charge on any atom is 0.265 e. The van der Waals surface area contributed by atoms with E-state index in [0.29, 0.717) is 0 Å². The molecule has 19 heavy (non-hydrogen) atoms. The fraction of sp³-hybridized carbons (Fsp3) is 0.692. The number of hydrogen-bond donors (Lipinski definition) is 0. The molecule has 1 aliphatic heterocycles. The van der Waals surface area contributed by atoms with Crippen molar-refractivity contribution >= 4 is 33.2 Å². The van der Waals surface area contributed by atoms with Gasteiger partial charge in [0.1, 0.15) is 4.88 Å². The SMILES string of the molecule is Cc1nc(C)c(C(=O)N2CCCN(CCBr)CC2)s1. The van der Waals surface area contributed by atoms with Gasteiger partial charge < -0.3 is 9.80 Å². The number of aromatic nitrogens is 1. The normalized spacial score (nSPS) is 17.5. The Morgan fingerprint density at radius 2 is 2.11 bits per heavy atom. The Bertz CT molecular complexity index is 449. The Kier molecular flexibility index (Phi) is 5.36. The summed E-state index contributed by atoms with van der Waals surface area (Å²) in [6.07, 6.45) is 1.05. The summed E-state index contributed by atoms with van der Waals surface area (Å²) in [5.41, 5.74) is 0.870. The summed E-state index contributed by atoms with van der Waals surface area (Å²) in [6, 6.07) is 0. The average molecular weight is 346 g/mol. The van der Waals surface area contributed by atoms with Gasteiger partial charge in [0.25, 0.3) is 5.91 Å². The number of rotatable bonds is 3.